The standard InChI is InChI=1S/C21H26N2O2/c1-2-4-18(5-3-1)14-23-12-8-20-21(16-23,9-13-25-20)17-24-15-19-6-10-22-11-7-19/h1-7,10-11,20H,8-9,12-17H2/t20-,21+/m1/s1. The molecule has 4 heteroatoms. The Morgan fingerprint density at radius 3 is 2.80 bits per heavy atom. The molecule has 1 aromatic heterocycles. The van der Waals surface area contributed by atoms with Gasteiger partial charge >= 0.3 is 0 Å². The predicted octanol–water partition coefficient (Wildman–Crippen LogP) is 3.28. The second kappa shape index (κ2) is 7.65. The van der Waals surface area contributed by atoms with Crippen LogP contribution in [0.2, 0.25) is 0 Å². The quantitative estimate of drug-likeness (QED) is 0.810. The second-order valence-electron chi connectivity index (χ2n) is 7.30. The van der Waals surface area contributed by atoms with Crippen LogP contribution in [0, 0.1) is 5.41 Å². The molecule has 0 aliphatic carbocycles. The highest BCUT2D eigenvalue weighted by molar-refractivity contribution is 5.15. The summed E-state index contributed by atoms with van der Waals surface area (Å²) in [6.07, 6.45) is 6.18. The van der Waals surface area contributed by atoms with Crippen LogP contribution in [-0.2, 0) is 22.6 Å². The van der Waals surface area contributed by atoms with Gasteiger partial charge in [0.25, 0.3) is 0 Å². The first-order chi connectivity index (χ1) is 12.3. The van der Waals surface area contributed by atoms with Gasteiger partial charge in [-0.1, -0.05) is 30.3 Å². The highest BCUT2D eigenvalue weighted by atomic mass is 16.5. The lowest BCUT2D eigenvalue weighted by molar-refractivity contribution is -0.0685. The molecular weight excluding hydrogens is 312 g/mol. The van der Waals surface area contributed by atoms with E-state index in [1.165, 1.54) is 11.1 Å². The lowest BCUT2D eigenvalue weighted by Crippen LogP contribution is -2.51. The molecule has 0 spiro atoms. The third-order valence-electron chi connectivity index (χ3n) is 5.50. The fourth-order valence-corrected chi connectivity index (χ4v) is 4.18. The first kappa shape index (κ1) is 16.7. The van der Waals surface area contributed by atoms with Crippen molar-refractivity contribution in [2.75, 3.05) is 26.3 Å². The molecule has 0 N–H and O–H groups in total. The summed E-state index contributed by atoms with van der Waals surface area (Å²) in [5.74, 6) is 0. The predicted molar refractivity (Wildman–Crippen MR) is 97.0 cm³/mol. The van der Waals surface area contributed by atoms with Crippen molar-refractivity contribution >= 4 is 0 Å². The molecule has 2 saturated heterocycles. The van der Waals surface area contributed by atoms with E-state index in [4.69, 9.17) is 9.47 Å². The molecule has 3 heterocycles. The summed E-state index contributed by atoms with van der Waals surface area (Å²) < 4.78 is 12.2. The van der Waals surface area contributed by atoms with Crippen molar-refractivity contribution in [1.82, 2.24) is 9.88 Å². The fraction of sp³-hybridized carbons (Fsp3) is 0.476. The summed E-state index contributed by atoms with van der Waals surface area (Å²) in [5.41, 5.74) is 2.70. The first-order valence-corrected chi connectivity index (χ1v) is 9.19. The normalized spacial score (nSPS) is 26.5. The summed E-state index contributed by atoms with van der Waals surface area (Å²) in [6, 6.07) is 14.8. The molecule has 1 aromatic carbocycles. The summed E-state index contributed by atoms with van der Waals surface area (Å²) in [5, 5.41) is 0. The largest absolute Gasteiger partial charge is 0.377 e. The molecule has 0 saturated carbocycles. The Balaban J connectivity index is 1.38. The van der Waals surface area contributed by atoms with Crippen LogP contribution in [0.5, 0.6) is 0 Å². The van der Waals surface area contributed by atoms with E-state index in [9.17, 15) is 0 Å². The van der Waals surface area contributed by atoms with Crippen molar-refractivity contribution in [2.24, 2.45) is 5.41 Å². The number of fused-ring (bicyclic) bond motifs is 1. The Morgan fingerprint density at radius 1 is 1.12 bits per heavy atom. The molecule has 2 fully saturated rings. The molecule has 0 amide bonds. The Labute approximate surface area is 149 Å². The Hall–Kier alpha value is -1.75. The Morgan fingerprint density at radius 2 is 1.96 bits per heavy atom. The minimum Gasteiger partial charge on any atom is -0.377 e. The van der Waals surface area contributed by atoms with Crippen LogP contribution in [0.1, 0.15) is 24.0 Å². The number of benzene rings is 1. The number of hydrogen-bond acceptors (Lipinski definition) is 4. The summed E-state index contributed by atoms with van der Waals surface area (Å²) in [6.45, 7) is 5.46. The van der Waals surface area contributed by atoms with Crippen molar-refractivity contribution in [1.29, 1.82) is 0 Å². The number of hydrogen-bond donors (Lipinski definition) is 0. The number of likely N-dealkylation sites (tertiary alicyclic amines) is 1. The van der Waals surface area contributed by atoms with Gasteiger partial charge in [-0.05, 0) is 36.1 Å². The number of ether oxygens (including phenoxy) is 2. The lowest BCUT2D eigenvalue weighted by atomic mass is 9.77. The van der Waals surface area contributed by atoms with Gasteiger partial charge in [-0.25, -0.2) is 0 Å². The van der Waals surface area contributed by atoms with Gasteiger partial charge in [0, 0.05) is 44.0 Å². The van der Waals surface area contributed by atoms with Gasteiger partial charge in [0.1, 0.15) is 0 Å². The van der Waals surface area contributed by atoms with E-state index in [1.807, 2.05) is 24.5 Å². The van der Waals surface area contributed by atoms with Gasteiger partial charge in [-0.15, -0.1) is 0 Å². The van der Waals surface area contributed by atoms with Gasteiger partial charge in [0.15, 0.2) is 0 Å². The average Bonchev–Trinajstić information content (AvgIpc) is 3.06. The van der Waals surface area contributed by atoms with Crippen molar-refractivity contribution in [3.05, 3.63) is 66.0 Å². The van der Waals surface area contributed by atoms with Crippen molar-refractivity contribution < 1.29 is 9.47 Å². The highest BCUT2D eigenvalue weighted by Crippen LogP contribution is 2.41. The van der Waals surface area contributed by atoms with Gasteiger partial charge in [0.2, 0.25) is 0 Å². The van der Waals surface area contributed by atoms with Gasteiger partial charge < -0.3 is 9.47 Å². The summed E-state index contributed by atoms with van der Waals surface area (Å²) >= 11 is 0. The number of aromatic nitrogens is 1. The molecule has 2 aromatic rings. The summed E-state index contributed by atoms with van der Waals surface area (Å²) in [4.78, 5) is 6.63. The topological polar surface area (TPSA) is 34.6 Å². The highest BCUT2D eigenvalue weighted by Gasteiger charge is 2.47. The molecule has 2 atom stereocenters. The number of pyridine rings is 1. The van der Waals surface area contributed by atoms with Crippen LogP contribution in [0.15, 0.2) is 54.9 Å². The number of rotatable bonds is 6. The molecule has 2 aliphatic rings. The number of piperidine rings is 1. The van der Waals surface area contributed by atoms with Gasteiger partial charge in [-0.2, -0.15) is 0 Å². The van der Waals surface area contributed by atoms with Crippen LogP contribution in [0.4, 0.5) is 0 Å². The smallest absolute Gasteiger partial charge is 0.0718 e. The molecule has 4 rings (SSSR count). The minimum absolute atomic E-state index is 0.139. The molecule has 132 valence electrons. The van der Waals surface area contributed by atoms with Crippen molar-refractivity contribution in [3.63, 3.8) is 0 Å². The maximum Gasteiger partial charge on any atom is 0.0718 e. The molecule has 25 heavy (non-hydrogen) atoms. The molecule has 0 unspecified atom stereocenters. The van der Waals surface area contributed by atoms with Crippen LogP contribution in [0.3, 0.4) is 0 Å². The van der Waals surface area contributed by atoms with E-state index in [-0.39, 0.29) is 5.41 Å². The van der Waals surface area contributed by atoms with Crippen molar-refractivity contribution in [2.45, 2.75) is 32.1 Å². The van der Waals surface area contributed by atoms with Crippen molar-refractivity contribution in [3.8, 4) is 0 Å². The maximum absolute atomic E-state index is 6.13. The van der Waals surface area contributed by atoms with E-state index < -0.39 is 0 Å². The van der Waals surface area contributed by atoms with Crippen LogP contribution >= 0.6 is 0 Å². The Bertz CT molecular complexity index is 664. The molecule has 0 radical (unpaired) electrons. The third kappa shape index (κ3) is 3.92. The zero-order valence-electron chi connectivity index (χ0n) is 14.6. The van der Waals surface area contributed by atoms with Gasteiger partial charge in [-0.3, -0.25) is 9.88 Å². The van der Waals surface area contributed by atoms with Crippen LogP contribution in [0.25, 0.3) is 0 Å². The summed E-state index contributed by atoms with van der Waals surface area (Å²) in [7, 11) is 0. The Kier molecular flexibility index (Phi) is 5.11. The number of nitrogens with zero attached hydrogens (tertiary/aromatic N) is 2. The van der Waals surface area contributed by atoms with Crippen LogP contribution in [-0.4, -0.2) is 42.3 Å². The fourth-order valence-electron chi connectivity index (χ4n) is 4.18. The van der Waals surface area contributed by atoms with Crippen LogP contribution < -0.4 is 0 Å². The first-order valence-electron chi connectivity index (χ1n) is 9.19. The molecule has 0 bridgehead atoms. The van der Waals surface area contributed by atoms with E-state index in [0.29, 0.717) is 12.7 Å². The van der Waals surface area contributed by atoms with E-state index in [0.717, 1.165) is 45.7 Å². The molecular formula is C21H26N2O2. The maximum atomic E-state index is 6.13. The molecule has 4 nitrogen and oxygen atoms in total. The third-order valence-corrected chi connectivity index (χ3v) is 5.50. The zero-order chi connectivity index (χ0) is 17.0. The molecule has 2 aliphatic heterocycles. The van der Waals surface area contributed by atoms with E-state index >= 15 is 0 Å². The monoisotopic (exact) mass is 338 g/mol. The average molecular weight is 338 g/mol. The zero-order valence-corrected chi connectivity index (χ0v) is 14.6. The van der Waals surface area contributed by atoms with E-state index in [1.54, 1.807) is 0 Å². The minimum atomic E-state index is 0.139. The second-order valence-corrected chi connectivity index (χ2v) is 7.30. The SMILES string of the molecule is c1ccc(CN2CC[C@H]3OCC[C@@]3(COCc3ccncc3)C2)cc1. The lowest BCUT2D eigenvalue weighted by Gasteiger charge is -2.43. The van der Waals surface area contributed by atoms with E-state index in [2.05, 4.69) is 40.2 Å². The van der Waals surface area contributed by atoms with Gasteiger partial charge in [0.05, 0.1) is 19.3 Å².